The fourth-order valence-electron chi connectivity index (χ4n) is 1.64. The third-order valence-electron chi connectivity index (χ3n) is 2.61. The molecular weight excluding hydrogens is 332 g/mol. The third-order valence-corrected chi connectivity index (χ3v) is 5.33. The van der Waals surface area contributed by atoms with Gasteiger partial charge in [-0.05, 0) is 51.2 Å². The molecule has 1 atom stereocenters. The van der Waals surface area contributed by atoms with Crippen LogP contribution in [0.15, 0.2) is 21.3 Å². The molecule has 0 saturated carbocycles. The third kappa shape index (κ3) is 3.37. The number of carbonyl (C=O) groups excluding carboxylic acids is 1. The molecule has 2 rings (SSSR count). The molecule has 6 heteroatoms. The molecule has 1 N–H and O–H groups in total. The molecule has 1 aromatic rings. The minimum Gasteiger partial charge on any atom is -0.333 e. The molecule has 1 aromatic heterocycles. The molecule has 18 heavy (non-hydrogen) atoms. The normalized spacial score (nSPS) is 23.1. The number of carbonyl (C=O) groups is 1. The quantitative estimate of drug-likeness (QED) is 0.859. The molecule has 94 valence electrons. The van der Waals surface area contributed by atoms with Crippen LogP contribution in [0.4, 0.5) is 0 Å². The van der Waals surface area contributed by atoms with Gasteiger partial charge in [-0.2, -0.15) is 17.0 Å². The molecule has 1 aliphatic rings. The van der Waals surface area contributed by atoms with Crippen LogP contribution in [0, 0.1) is 11.3 Å². The monoisotopic (exact) mass is 342 g/mol. The summed E-state index contributed by atoms with van der Waals surface area (Å²) in [6.07, 6.45) is 3.96. The Hall–Kier alpha value is -0.770. The van der Waals surface area contributed by atoms with Crippen LogP contribution in [0.2, 0.25) is 0 Å². The molecule has 1 saturated heterocycles. The zero-order chi connectivity index (χ0) is 13.0. The zero-order valence-electron chi connectivity index (χ0n) is 9.48. The van der Waals surface area contributed by atoms with Crippen molar-refractivity contribution in [2.24, 2.45) is 0 Å². The highest BCUT2D eigenvalue weighted by Crippen LogP contribution is 2.27. The number of hydrogen-bond donors (Lipinski definition) is 1. The molecule has 0 aromatic carbocycles. The molecule has 1 aliphatic heterocycles. The molecule has 0 radical (unpaired) electrons. The van der Waals surface area contributed by atoms with E-state index in [1.54, 1.807) is 29.2 Å². The number of thioether (sulfide) groups is 1. The predicted octanol–water partition coefficient (Wildman–Crippen LogP) is 3.04. The maximum atomic E-state index is 11.8. The van der Waals surface area contributed by atoms with Crippen molar-refractivity contribution in [2.45, 2.75) is 12.0 Å². The summed E-state index contributed by atoms with van der Waals surface area (Å²) in [4.78, 5) is 11.8. The fourth-order valence-corrected chi connectivity index (χ4v) is 4.05. The van der Waals surface area contributed by atoms with Gasteiger partial charge in [-0.25, -0.2) is 0 Å². The van der Waals surface area contributed by atoms with Gasteiger partial charge in [-0.15, -0.1) is 11.3 Å². The summed E-state index contributed by atoms with van der Waals surface area (Å²) in [6, 6.07) is 4.16. The molecule has 1 fully saturated rings. The number of halogens is 1. The van der Waals surface area contributed by atoms with Crippen LogP contribution < -0.4 is 5.32 Å². The first-order valence-corrected chi connectivity index (χ1v) is 8.20. The number of nitrogens with zero attached hydrogens (tertiary/aromatic N) is 1. The highest BCUT2D eigenvalue weighted by Gasteiger charge is 2.35. The van der Waals surface area contributed by atoms with Crippen LogP contribution in [-0.4, -0.2) is 23.0 Å². The Morgan fingerprint density at radius 2 is 2.50 bits per heavy atom. The Bertz CT molecular complexity index is 512. The molecule has 1 amide bonds. The topological polar surface area (TPSA) is 52.9 Å². The molecular formula is C12H11BrN2OS2. The van der Waals surface area contributed by atoms with Gasteiger partial charge in [-0.3, -0.25) is 4.79 Å². The van der Waals surface area contributed by atoms with Gasteiger partial charge in [0.05, 0.1) is 9.86 Å². The highest BCUT2D eigenvalue weighted by molar-refractivity contribution is 9.11. The van der Waals surface area contributed by atoms with E-state index < -0.39 is 5.54 Å². The number of amides is 1. The second-order valence-corrected chi connectivity index (χ2v) is 7.40. The summed E-state index contributed by atoms with van der Waals surface area (Å²) >= 11 is 6.64. The second kappa shape index (κ2) is 5.91. The van der Waals surface area contributed by atoms with Crippen LogP contribution in [0.25, 0.3) is 6.08 Å². The van der Waals surface area contributed by atoms with Gasteiger partial charge < -0.3 is 5.32 Å². The van der Waals surface area contributed by atoms with Gasteiger partial charge in [0, 0.05) is 11.8 Å². The summed E-state index contributed by atoms with van der Waals surface area (Å²) in [6.45, 7) is 0. The van der Waals surface area contributed by atoms with E-state index in [-0.39, 0.29) is 5.91 Å². The minimum atomic E-state index is -0.679. The molecule has 0 bridgehead atoms. The van der Waals surface area contributed by atoms with Crippen LogP contribution in [-0.2, 0) is 4.79 Å². The van der Waals surface area contributed by atoms with Crippen molar-refractivity contribution >= 4 is 51.0 Å². The van der Waals surface area contributed by atoms with E-state index >= 15 is 0 Å². The Kier molecular flexibility index (Phi) is 4.49. The Morgan fingerprint density at radius 3 is 3.06 bits per heavy atom. The second-order valence-electron chi connectivity index (χ2n) is 4.00. The molecule has 0 unspecified atom stereocenters. The Balaban J connectivity index is 1.96. The maximum Gasteiger partial charge on any atom is 0.245 e. The van der Waals surface area contributed by atoms with Gasteiger partial charge >= 0.3 is 0 Å². The fraction of sp³-hybridized carbons (Fsp3) is 0.333. The first kappa shape index (κ1) is 13.7. The smallest absolute Gasteiger partial charge is 0.245 e. The molecule has 0 aliphatic carbocycles. The van der Waals surface area contributed by atoms with Crippen molar-refractivity contribution in [1.82, 2.24) is 5.32 Å². The first-order valence-electron chi connectivity index (χ1n) is 5.37. The maximum absolute atomic E-state index is 11.8. The van der Waals surface area contributed by atoms with E-state index in [2.05, 4.69) is 27.3 Å². The highest BCUT2D eigenvalue weighted by atomic mass is 79.9. The average molecular weight is 343 g/mol. The standard InChI is InChI=1S/C12H11BrN2OS2/c13-10-5-9(6-18-10)1-2-11(16)15-12(7-14)3-4-17-8-12/h1-2,5-6H,3-4,8H2,(H,15,16)/b2-1-/t12-/m1/s1. The Labute approximate surface area is 122 Å². The van der Waals surface area contributed by atoms with Crippen LogP contribution in [0.5, 0.6) is 0 Å². The summed E-state index contributed by atoms with van der Waals surface area (Å²) in [5, 5.41) is 13.9. The summed E-state index contributed by atoms with van der Waals surface area (Å²) in [5.41, 5.74) is 0.301. The SMILES string of the molecule is N#C[C@]1(NC(=O)/C=C\c2csc(Br)c2)CCSC1. The Morgan fingerprint density at radius 1 is 1.67 bits per heavy atom. The van der Waals surface area contributed by atoms with Gasteiger partial charge in [0.1, 0.15) is 5.54 Å². The van der Waals surface area contributed by atoms with Gasteiger partial charge in [-0.1, -0.05) is 0 Å². The lowest BCUT2D eigenvalue weighted by molar-refractivity contribution is -0.117. The van der Waals surface area contributed by atoms with E-state index in [0.717, 1.165) is 21.5 Å². The lowest BCUT2D eigenvalue weighted by atomic mass is 10.0. The van der Waals surface area contributed by atoms with E-state index in [0.29, 0.717) is 5.75 Å². The van der Waals surface area contributed by atoms with Gasteiger partial charge in [0.2, 0.25) is 5.91 Å². The molecule has 2 heterocycles. The number of nitrogens with one attached hydrogen (secondary N) is 1. The van der Waals surface area contributed by atoms with Crippen molar-refractivity contribution in [3.8, 4) is 6.07 Å². The van der Waals surface area contributed by atoms with Gasteiger partial charge in [0.15, 0.2) is 0 Å². The van der Waals surface area contributed by atoms with Crippen molar-refractivity contribution < 1.29 is 4.79 Å². The summed E-state index contributed by atoms with van der Waals surface area (Å²) in [5.74, 6) is 1.39. The van der Waals surface area contributed by atoms with Crippen molar-refractivity contribution in [3.05, 3.63) is 26.9 Å². The summed E-state index contributed by atoms with van der Waals surface area (Å²) in [7, 11) is 0. The average Bonchev–Trinajstić information content (AvgIpc) is 2.97. The molecule has 3 nitrogen and oxygen atoms in total. The number of rotatable bonds is 3. The first-order chi connectivity index (χ1) is 8.63. The number of hydrogen-bond acceptors (Lipinski definition) is 4. The van der Waals surface area contributed by atoms with E-state index in [1.807, 2.05) is 11.4 Å². The van der Waals surface area contributed by atoms with E-state index in [4.69, 9.17) is 5.26 Å². The van der Waals surface area contributed by atoms with Crippen LogP contribution in [0.3, 0.4) is 0 Å². The zero-order valence-corrected chi connectivity index (χ0v) is 12.7. The van der Waals surface area contributed by atoms with Crippen molar-refractivity contribution in [2.75, 3.05) is 11.5 Å². The number of nitriles is 1. The lowest BCUT2D eigenvalue weighted by Gasteiger charge is -2.19. The summed E-state index contributed by atoms with van der Waals surface area (Å²) < 4.78 is 1.03. The number of thiophene rings is 1. The predicted molar refractivity (Wildman–Crippen MR) is 79.5 cm³/mol. The van der Waals surface area contributed by atoms with Crippen molar-refractivity contribution in [3.63, 3.8) is 0 Å². The minimum absolute atomic E-state index is 0.207. The largest absolute Gasteiger partial charge is 0.333 e. The van der Waals surface area contributed by atoms with Crippen LogP contribution >= 0.6 is 39.0 Å². The van der Waals surface area contributed by atoms with Gasteiger partial charge in [0.25, 0.3) is 0 Å². The van der Waals surface area contributed by atoms with Crippen molar-refractivity contribution in [1.29, 1.82) is 5.26 Å². The van der Waals surface area contributed by atoms with E-state index in [1.165, 1.54) is 6.08 Å². The molecule has 0 spiro atoms. The van der Waals surface area contributed by atoms with Crippen LogP contribution in [0.1, 0.15) is 12.0 Å². The van der Waals surface area contributed by atoms with E-state index in [9.17, 15) is 4.79 Å². The lowest BCUT2D eigenvalue weighted by Crippen LogP contribution is -2.46.